The van der Waals surface area contributed by atoms with Gasteiger partial charge in [0.05, 0.1) is 0 Å². The Hall–Kier alpha value is -0.720. The average Bonchev–Trinajstić information content (AvgIpc) is 2.58. The van der Waals surface area contributed by atoms with E-state index < -0.39 is 0 Å². The molecule has 0 bridgehead atoms. The SMILES string of the molecule is C=C(C)NC1CC(C)(CC)C(C)C1/C(C)=C/CCC. The van der Waals surface area contributed by atoms with E-state index in [0.717, 1.165) is 11.6 Å². The third-order valence-corrected chi connectivity index (χ3v) is 5.28. The smallest absolute Gasteiger partial charge is 0.0331 e. The van der Waals surface area contributed by atoms with E-state index in [1.165, 1.54) is 25.7 Å². The third kappa shape index (κ3) is 3.64. The van der Waals surface area contributed by atoms with Crippen molar-refractivity contribution < 1.29 is 0 Å². The van der Waals surface area contributed by atoms with Gasteiger partial charge >= 0.3 is 0 Å². The first-order valence-electron chi connectivity index (χ1n) is 7.94. The van der Waals surface area contributed by atoms with Crippen molar-refractivity contribution in [3.63, 3.8) is 0 Å². The van der Waals surface area contributed by atoms with Gasteiger partial charge in [0, 0.05) is 17.7 Å². The summed E-state index contributed by atoms with van der Waals surface area (Å²) >= 11 is 0. The number of nitrogens with one attached hydrogen (secondary N) is 1. The van der Waals surface area contributed by atoms with Crippen LogP contribution in [0.1, 0.15) is 67.2 Å². The summed E-state index contributed by atoms with van der Waals surface area (Å²) in [5.74, 6) is 1.40. The summed E-state index contributed by atoms with van der Waals surface area (Å²) in [6.45, 7) is 17.9. The van der Waals surface area contributed by atoms with Crippen LogP contribution in [0.4, 0.5) is 0 Å². The fraction of sp³-hybridized carbons (Fsp3) is 0.778. The first-order valence-corrected chi connectivity index (χ1v) is 7.94. The van der Waals surface area contributed by atoms with Gasteiger partial charge in [-0.25, -0.2) is 0 Å². The van der Waals surface area contributed by atoms with Gasteiger partial charge in [-0.1, -0.05) is 58.8 Å². The van der Waals surface area contributed by atoms with Gasteiger partial charge in [-0.15, -0.1) is 0 Å². The van der Waals surface area contributed by atoms with Crippen LogP contribution < -0.4 is 5.32 Å². The Morgan fingerprint density at radius 2 is 2.00 bits per heavy atom. The van der Waals surface area contributed by atoms with E-state index in [0.29, 0.717) is 17.4 Å². The molecule has 4 unspecified atom stereocenters. The van der Waals surface area contributed by atoms with Crippen molar-refractivity contribution in [3.05, 3.63) is 23.9 Å². The molecule has 19 heavy (non-hydrogen) atoms. The number of allylic oxidation sites excluding steroid dienone is 2. The minimum absolute atomic E-state index is 0.457. The van der Waals surface area contributed by atoms with E-state index in [2.05, 4.69) is 59.5 Å². The maximum atomic E-state index is 4.04. The molecule has 1 aliphatic carbocycles. The van der Waals surface area contributed by atoms with Crippen LogP contribution in [0.5, 0.6) is 0 Å². The highest BCUT2D eigenvalue weighted by Crippen LogP contribution is 2.51. The van der Waals surface area contributed by atoms with Crippen LogP contribution in [0.15, 0.2) is 23.9 Å². The van der Waals surface area contributed by atoms with Crippen molar-refractivity contribution in [1.82, 2.24) is 5.32 Å². The quantitative estimate of drug-likeness (QED) is 0.641. The van der Waals surface area contributed by atoms with Crippen molar-refractivity contribution in [2.45, 2.75) is 73.3 Å². The van der Waals surface area contributed by atoms with Gasteiger partial charge in [-0.05, 0) is 38.0 Å². The number of rotatable bonds is 6. The van der Waals surface area contributed by atoms with Crippen molar-refractivity contribution in [2.75, 3.05) is 0 Å². The highest BCUT2D eigenvalue weighted by Gasteiger charge is 2.47. The summed E-state index contributed by atoms with van der Waals surface area (Å²) in [5, 5.41) is 3.63. The molecule has 110 valence electrons. The van der Waals surface area contributed by atoms with Gasteiger partial charge in [-0.2, -0.15) is 0 Å². The molecule has 0 amide bonds. The number of hydrogen-bond donors (Lipinski definition) is 1. The second-order valence-electron chi connectivity index (χ2n) is 6.79. The van der Waals surface area contributed by atoms with Gasteiger partial charge in [0.25, 0.3) is 0 Å². The molecule has 0 aliphatic heterocycles. The molecule has 0 aromatic heterocycles. The summed E-state index contributed by atoms with van der Waals surface area (Å²) in [7, 11) is 0. The molecule has 1 saturated carbocycles. The lowest BCUT2D eigenvalue weighted by atomic mass is 9.75. The third-order valence-electron chi connectivity index (χ3n) is 5.28. The van der Waals surface area contributed by atoms with Crippen LogP contribution in [-0.4, -0.2) is 6.04 Å². The Bertz CT molecular complexity index is 342. The zero-order chi connectivity index (χ0) is 14.6. The Morgan fingerprint density at radius 3 is 2.47 bits per heavy atom. The summed E-state index contributed by atoms with van der Waals surface area (Å²) in [6.07, 6.45) is 7.43. The van der Waals surface area contributed by atoms with Gasteiger partial charge in [0.15, 0.2) is 0 Å². The normalized spacial score (nSPS) is 35.5. The van der Waals surface area contributed by atoms with E-state index in [9.17, 15) is 0 Å². The molecule has 0 saturated heterocycles. The largest absolute Gasteiger partial charge is 0.386 e. The fourth-order valence-corrected chi connectivity index (χ4v) is 3.74. The molecule has 1 N–H and O–H groups in total. The molecule has 1 heteroatoms. The molecule has 1 fully saturated rings. The summed E-state index contributed by atoms with van der Waals surface area (Å²) in [6, 6.07) is 0.561. The van der Waals surface area contributed by atoms with E-state index in [1.54, 1.807) is 5.57 Å². The molecule has 1 rings (SSSR count). The van der Waals surface area contributed by atoms with E-state index in [1.807, 2.05) is 0 Å². The molecule has 1 aliphatic rings. The van der Waals surface area contributed by atoms with Gasteiger partial charge in [0.2, 0.25) is 0 Å². The molecule has 0 radical (unpaired) electrons. The van der Waals surface area contributed by atoms with Crippen LogP contribution in [0.2, 0.25) is 0 Å². The predicted octanol–water partition coefficient (Wildman–Crippen LogP) is 5.30. The van der Waals surface area contributed by atoms with Gasteiger partial charge < -0.3 is 5.32 Å². The minimum atomic E-state index is 0.457. The van der Waals surface area contributed by atoms with Crippen LogP contribution in [0.3, 0.4) is 0 Å². The fourth-order valence-electron chi connectivity index (χ4n) is 3.74. The van der Waals surface area contributed by atoms with Gasteiger partial charge in [-0.3, -0.25) is 0 Å². The van der Waals surface area contributed by atoms with Crippen LogP contribution in [-0.2, 0) is 0 Å². The average molecular weight is 263 g/mol. The van der Waals surface area contributed by atoms with Crippen LogP contribution >= 0.6 is 0 Å². The van der Waals surface area contributed by atoms with Crippen molar-refractivity contribution >= 4 is 0 Å². The lowest BCUT2D eigenvalue weighted by molar-refractivity contribution is 0.215. The molecular formula is C18H33N. The molecule has 0 spiro atoms. The zero-order valence-corrected chi connectivity index (χ0v) is 13.8. The zero-order valence-electron chi connectivity index (χ0n) is 13.8. The molecule has 4 atom stereocenters. The first-order chi connectivity index (χ1) is 8.85. The molecule has 0 aromatic carbocycles. The van der Waals surface area contributed by atoms with Crippen molar-refractivity contribution in [2.24, 2.45) is 17.3 Å². The van der Waals surface area contributed by atoms with Crippen molar-refractivity contribution in [3.8, 4) is 0 Å². The minimum Gasteiger partial charge on any atom is -0.386 e. The Kier molecular flexibility index (Phi) is 5.70. The topological polar surface area (TPSA) is 12.0 Å². The summed E-state index contributed by atoms with van der Waals surface area (Å²) in [5.41, 5.74) is 3.13. The van der Waals surface area contributed by atoms with E-state index in [4.69, 9.17) is 0 Å². The monoisotopic (exact) mass is 263 g/mol. The second-order valence-corrected chi connectivity index (χ2v) is 6.79. The number of hydrogen-bond acceptors (Lipinski definition) is 1. The Labute approximate surface area is 120 Å². The lowest BCUT2D eigenvalue weighted by Crippen LogP contribution is -2.33. The molecule has 0 heterocycles. The maximum absolute atomic E-state index is 4.04. The standard InChI is InChI=1S/C18H33N/c1-8-10-11-14(5)17-15(6)18(7,9-2)12-16(17)19-13(3)4/h11,15-17,19H,3,8-10,12H2,1-2,4-7H3/b14-11+. The molecule has 1 nitrogen and oxygen atoms in total. The molecule has 0 aromatic rings. The second kappa shape index (κ2) is 6.63. The summed E-state index contributed by atoms with van der Waals surface area (Å²) in [4.78, 5) is 0. The highest BCUT2D eigenvalue weighted by molar-refractivity contribution is 5.16. The van der Waals surface area contributed by atoms with Crippen LogP contribution in [0, 0.1) is 17.3 Å². The van der Waals surface area contributed by atoms with Crippen LogP contribution in [0.25, 0.3) is 0 Å². The van der Waals surface area contributed by atoms with E-state index >= 15 is 0 Å². The Morgan fingerprint density at radius 1 is 1.37 bits per heavy atom. The summed E-state index contributed by atoms with van der Waals surface area (Å²) < 4.78 is 0. The highest BCUT2D eigenvalue weighted by atomic mass is 14.9. The predicted molar refractivity (Wildman–Crippen MR) is 86.1 cm³/mol. The van der Waals surface area contributed by atoms with E-state index in [-0.39, 0.29) is 0 Å². The lowest BCUT2D eigenvalue weighted by Gasteiger charge is -2.30. The number of unbranched alkanes of at least 4 members (excludes halogenated alkanes) is 1. The Balaban J connectivity index is 2.97. The maximum Gasteiger partial charge on any atom is 0.0331 e. The van der Waals surface area contributed by atoms with Crippen molar-refractivity contribution in [1.29, 1.82) is 0 Å². The first kappa shape index (κ1) is 16.3. The molecular weight excluding hydrogens is 230 g/mol. The van der Waals surface area contributed by atoms with Gasteiger partial charge in [0.1, 0.15) is 0 Å².